The highest BCUT2D eigenvalue weighted by molar-refractivity contribution is 9.10. The van der Waals surface area contributed by atoms with Crippen LogP contribution in [0.4, 0.5) is 5.82 Å². The minimum Gasteiger partial charge on any atom is -0.306 e. The molecule has 0 saturated carbocycles. The van der Waals surface area contributed by atoms with Gasteiger partial charge in [0, 0.05) is 22.9 Å². The number of nitrogens with one attached hydrogen (secondary N) is 1. The van der Waals surface area contributed by atoms with E-state index in [4.69, 9.17) is 0 Å². The molecule has 3 aromatic rings. The van der Waals surface area contributed by atoms with Gasteiger partial charge in [0.05, 0.1) is 16.9 Å². The molecule has 122 valence electrons. The first-order valence-electron chi connectivity index (χ1n) is 7.49. The van der Waals surface area contributed by atoms with Crippen molar-refractivity contribution in [2.45, 2.75) is 20.8 Å². The molecule has 24 heavy (non-hydrogen) atoms. The van der Waals surface area contributed by atoms with Gasteiger partial charge in [-0.25, -0.2) is 4.68 Å². The molecule has 6 heteroatoms. The standard InChI is InChI=1S/C18H17BrN4O/c1-11-4-12(2)6-16(5-11)23-17(7-13(3)22-23)21-18(24)14-8-15(19)10-20-9-14/h4-10H,1-3H3,(H,21,24). The van der Waals surface area contributed by atoms with Crippen LogP contribution in [-0.2, 0) is 0 Å². The van der Waals surface area contributed by atoms with Gasteiger partial charge in [-0.2, -0.15) is 5.10 Å². The molecule has 0 bridgehead atoms. The summed E-state index contributed by atoms with van der Waals surface area (Å²) in [7, 11) is 0. The molecule has 2 aromatic heterocycles. The van der Waals surface area contributed by atoms with Gasteiger partial charge < -0.3 is 5.32 Å². The first-order chi connectivity index (χ1) is 11.4. The Labute approximate surface area is 148 Å². The molecule has 0 aliphatic heterocycles. The van der Waals surface area contributed by atoms with Crippen molar-refractivity contribution >= 4 is 27.7 Å². The number of aryl methyl sites for hydroxylation is 3. The Kier molecular flexibility index (Phi) is 4.49. The van der Waals surface area contributed by atoms with E-state index in [1.807, 2.05) is 39.0 Å². The molecule has 0 fully saturated rings. The number of aromatic nitrogens is 3. The van der Waals surface area contributed by atoms with Gasteiger partial charge in [-0.3, -0.25) is 9.78 Å². The summed E-state index contributed by atoms with van der Waals surface area (Å²) in [6.07, 6.45) is 3.17. The molecule has 3 rings (SSSR count). The van der Waals surface area contributed by atoms with E-state index in [9.17, 15) is 4.79 Å². The third-order valence-corrected chi connectivity index (χ3v) is 3.92. The van der Waals surface area contributed by atoms with E-state index >= 15 is 0 Å². The Morgan fingerprint density at radius 2 is 1.75 bits per heavy atom. The number of amides is 1. The van der Waals surface area contributed by atoms with Gasteiger partial charge in [0.2, 0.25) is 0 Å². The Bertz CT molecular complexity index is 897. The summed E-state index contributed by atoms with van der Waals surface area (Å²) in [5, 5.41) is 7.42. The molecular formula is C18H17BrN4O. The minimum atomic E-state index is -0.227. The fourth-order valence-corrected chi connectivity index (χ4v) is 2.95. The lowest BCUT2D eigenvalue weighted by molar-refractivity contribution is 0.102. The number of halogens is 1. The molecular weight excluding hydrogens is 368 g/mol. The van der Waals surface area contributed by atoms with Gasteiger partial charge in [0.15, 0.2) is 0 Å². The van der Waals surface area contributed by atoms with Crippen molar-refractivity contribution in [3.05, 3.63) is 69.6 Å². The van der Waals surface area contributed by atoms with Crippen LogP contribution in [0.25, 0.3) is 5.69 Å². The maximum atomic E-state index is 12.5. The second-order valence-corrected chi connectivity index (χ2v) is 6.69. The van der Waals surface area contributed by atoms with Crippen molar-refractivity contribution in [2.24, 2.45) is 0 Å². The summed E-state index contributed by atoms with van der Waals surface area (Å²) >= 11 is 3.33. The molecule has 1 N–H and O–H groups in total. The van der Waals surface area contributed by atoms with E-state index in [-0.39, 0.29) is 5.91 Å². The van der Waals surface area contributed by atoms with Gasteiger partial charge in [-0.15, -0.1) is 0 Å². The Morgan fingerprint density at radius 3 is 2.42 bits per heavy atom. The van der Waals surface area contributed by atoms with E-state index in [0.29, 0.717) is 11.4 Å². The van der Waals surface area contributed by atoms with E-state index < -0.39 is 0 Å². The number of hydrogen-bond donors (Lipinski definition) is 1. The lowest BCUT2D eigenvalue weighted by atomic mass is 10.1. The number of benzene rings is 1. The Balaban J connectivity index is 1.96. The Morgan fingerprint density at radius 1 is 1.04 bits per heavy atom. The number of hydrogen-bond acceptors (Lipinski definition) is 3. The summed E-state index contributed by atoms with van der Waals surface area (Å²) in [6, 6.07) is 9.75. The second kappa shape index (κ2) is 6.57. The van der Waals surface area contributed by atoms with Gasteiger partial charge in [0.1, 0.15) is 5.82 Å². The van der Waals surface area contributed by atoms with Crippen molar-refractivity contribution in [3.63, 3.8) is 0 Å². The van der Waals surface area contributed by atoms with Crippen molar-refractivity contribution in [1.82, 2.24) is 14.8 Å². The van der Waals surface area contributed by atoms with Crippen LogP contribution in [-0.4, -0.2) is 20.7 Å². The number of carbonyl (C=O) groups excluding carboxylic acids is 1. The minimum absolute atomic E-state index is 0.227. The highest BCUT2D eigenvalue weighted by Crippen LogP contribution is 2.20. The monoisotopic (exact) mass is 384 g/mol. The fraction of sp³-hybridized carbons (Fsp3) is 0.167. The van der Waals surface area contributed by atoms with Crippen LogP contribution in [0, 0.1) is 20.8 Å². The van der Waals surface area contributed by atoms with Crippen LogP contribution < -0.4 is 5.32 Å². The van der Waals surface area contributed by atoms with Crippen LogP contribution in [0.15, 0.2) is 47.2 Å². The lowest BCUT2D eigenvalue weighted by Gasteiger charge is -2.10. The zero-order valence-corrected chi connectivity index (χ0v) is 15.3. The fourth-order valence-electron chi connectivity index (χ4n) is 2.58. The summed E-state index contributed by atoms with van der Waals surface area (Å²) in [6.45, 7) is 5.98. The third kappa shape index (κ3) is 3.54. The molecule has 0 aliphatic carbocycles. The van der Waals surface area contributed by atoms with Gasteiger partial charge in [-0.05, 0) is 66.0 Å². The SMILES string of the molecule is Cc1cc(C)cc(-n2nc(C)cc2NC(=O)c2cncc(Br)c2)c1. The maximum absolute atomic E-state index is 12.5. The summed E-state index contributed by atoms with van der Waals surface area (Å²) < 4.78 is 2.51. The predicted molar refractivity (Wildman–Crippen MR) is 97.7 cm³/mol. The van der Waals surface area contributed by atoms with Gasteiger partial charge in [-0.1, -0.05) is 6.07 Å². The molecule has 0 spiro atoms. The van der Waals surface area contributed by atoms with Crippen LogP contribution in [0.1, 0.15) is 27.2 Å². The lowest BCUT2D eigenvalue weighted by Crippen LogP contribution is -2.15. The van der Waals surface area contributed by atoms with E-state index in [0.717, 1.165) is 27.0 Å². The van der Waals surface area contributed by atoms with E-state index in [2.05, 4.69) is 37.4 Å². The van der Waals surface area contributed by atoms with Crippen molar-refractivity contribution in [3.8, 4) is 5.69 Å². The smallest absolute Gasteiger partial charge is 0.258 e. The molecule has 0 unspecified atom stereocenters. The topological polar surface area (TPSA) is 59.8 Å². The van der Waals surface area contributed by atoms with Crippen LogP contribution in [0.5, 0.6) is 0 Å². The summed E-state index contributed by atoms with van der Waals surface area (Å²) in [5.41, 5.74) is 4.52. The highest BCUT2D eigenvalue weighted by atomic mass is 79.9. The number of nitrogens with zero attached hydrogens (tertiary/aromatic N) is 3. The molecule has 0 atom stereocenters. The average Bonchev–Trinajstić information content (AvgIpc) is 2.87. The third-order valence-electron chi connectivity index (χ3n) is 3.49. The maximum Gasteiger partial charge on any atom is 0.258 e. The van der Waals surface area contributed by atoms with Crippen LogP contribution in [0.3, 0.4) is 0 Å². The van der Waals surface area contributed by atoms with Crippen LogP contribution in [0.2, 0.25) is 0 Å². The van der Waals surface area contributed by atoms with Crippen molar-refractivity contribution in [1.29, 1.82) is 0 Å². The van der Waals surface area contributed by atoms with Crippen LogP contribution >= 0.6 is 15.9 Å². The van der Waals surface area contributed by atoms with Crippen molar-refractivity contribution in [2.75, 3.05) is 5.32 Å². The molecule has 1 aromatic carbocycles. The van der Waals surface area contributed by atoms with Gasteiger partial charge >= 0.3 is 0 Å². The first kappa shape index (κ1) is 16.4. The zero-order chi connectivity index (χ0) is 17.3. The molecule has 5 nitrogen and oxygen atoms in total. The molecule has 1 amide bonds. The van der Waals surface area contributed by atoms with E-state index in [1.165, 1.54) is 6.20 Å². The van der Waals surface area contributed by atoms with E-state index in [1.54, 1.807) is 16.9 Å². The second-order valence-electron chi connectivity index (χ2n) is 5.77. The quantitative estimate of drug-likeness (QED) is 0.735. The highest BCUT2D eigenvalue weighted by Gasteiger charge is 2.13. The summed E-state index contributed by atoms with van der Waals surface area (Å²) in [5.74, 6) is 0.400. The normalized spacial score (nSPS) is 10.7. The molecule has 0 aliphatic rings. The number of carbonyl (C=O) groups is 1. The molecule has 2 heterocycles. The summed E-state index contributed by atoms with van der Waals surface area (Å²) in [4.78, 5) is 16.5. The molecule has 0 radical (unpaired) electrons. The molecule has 0 saturated heterocycles. The van der Waals surface area contributed by atoms with Crippen molar-refractivity contribution < 1.29 is 4.79 Å². The zero-order valence-electron chi connectivity index (χ0n) is 13.7. The number of anilines is 1. The van der Waals surface area contributed by atoms with Gasteiger partial charge in [0.25, 0.3) is 5.91 Å². The number of rotatable bonds is 3. The largest absolute Gasteiger partial charge is 0.306 e. The average molecular weight is 385 g/mol. The predicted octanol–water partition coefficient (Wildman–Crippen LogP) is 4.21. The first-order valence-corrected chi connectivity index (χ1v) is 8.29. The number of pyridine rings is 1. The Hall–Kier alpha value is -2.47.